The van der Waals surface area contributed by atoms with Gasteiger partial charge in [-0.15, -0.1) is 11.6 Å². The molecule has 0 fully saturated rings. The van der Waals surface area contributed by atoms with Crippen LogP contribution in [0, 0.1) is 5.92 Å². The van der Waals surface area contributed by atoms with Crippen LogP contribution in [0.1, 0.15) is 38.3 Å². The van der Waals surface area contributed by atoms with E-state index >= 15 is 0 Å². The SMILES string of the molecule is CC(C)C[C@H](N[C@@H](Cc1ccccc1)C(=O)NC(=O)CNC(=O)[C@@H](C)NC(=O)[C@@H](N)Cc1ccc(O)cc1)C(=O)CCl. The number of rotatable bonds is 16. The van der Waals surface area contributed by atoms with E-state index < -0.39 is 54.3 Å². The molecule has 42 heavy (non-hydrogen) atoms. The molecule has 4 atom stereocenters. The largest absolute Gasteiger partial charge is 0.508 e. The third-order valence-corrected chi connectivity index (χ3v) is 6.66. The molecule has 0 aromatic heterocycles. The highest BCUT2D eigenvalue weighted by Crippen LogP contribution is 2.12. The summed E-state index contributed by atoms with van der Waals surface area (Å²) in [6.45, 7) is 4.81. The number of imide groups is 1. The van der Waals surface area contributed by atoms with Crippen LogP contribution in [-0.2, 0) is 36.8 Å². The number of hydrogen-bond acceptors (Lipinski definition) is 8. The number of nitrogens with one attached hydrogen (secondary N) is 4. The van der Waals surface area contributed by atoms with Crippen LogP contribution in [0.3, 0.4) is 0 Å². The molecule has 0 aliphatic heterocycles. The molecule has 11 nitrogen and oxygen atoms in total. The zero-order valence-corrected chi connectivity index (χ0v) is 24.8. The third-order valence-electron chi connectivity index (χ3n) is 6.40. The smallest absolute Gasteiger partial charge is 0.245 e. The van der Waals surface area contributed by atoms with Crippen molar-refractivity contribution in [2.45, 2.75) is 64.2 Å². The second-order valence-electron chi connectivity index (χ2n) is 10.5. The summed E-state index contributed by atoms with van der Waals surface area (Å²) < 4.78 is 0. The van der Waals surface area contributed by atoms with Gasteiger partial charge in [0.1, 0.15) is 11.8 Å². The molecular formula is C30H40ClN5O6. The van der Waals surface area contributed by atoms with Crippen LogP contribution in [0.5, 0.6) is 5.75 Å². The van der Waals surface area contributed by atoms with Crippen molar-refractivity contribution in [3.05, 3.63) is 65.7 Å². The molecule has 0 spiro atoms. The van der Waals surface area contributed by atoms with Crippen LogP contribution < -0.4 is 27.0 Å². The van der Waals surface area contributed by atoms with Crippen LogP contribution in [0.4, 0.5) is 0 Å². The molecule has 0 aliphatic rings. The van der Waals surface area contributed by atoms with Crippen molar-refractivity contribution >= 4 is 41.0 Å². The second-order valence-corrected chi connectivity index (χ2v) is 10.8. The van der Waals surface area contributed by atoms with Crippen LogP contribution in [-0.4, -0.2) is 71.1 Å². The number of amides is 4. The Morgan fingerprint density at radius 3 is 2.05 bits per heavy atom. The van der Waals surface area contributed by atoms with E-state index in [1.54, 1.807) is 12.1 Å². The second kappa shape index (κ2) is 17.2. The monoisotopic (exact) mass is 601 g/mol. The number of ketones is 1. The first-order valence-electron chi connectivity index (χ1n) is 13.7. The lowest BCUT2D eigenvalue weighted by Crippen LogP contribution is -2.55. The number of benzene rings is 2. The fourth-order valence-corrected chi connectivity index (χ4v) is 4.32. The van der Waals surface area contributed by atoms with Gasteiger partial charge in [-0.05, 0) is 55.4 Å². The van der Waals surface area contributed by atoms with Gasteiger partial charge in [0, 0.05) is 0 Å². The highest BCUT2D eigenvalue weighted by atomic mass is 35.5. The normalized spacial score (nSPS) is 13.9. The quantitative estimate of drug-likeness (QED) is 0.154. The average Bonchev–Trinajstić information content (AvgIpc) is 2.95. The van der Waals surface area contributed by atoms with Gasteiger partial charge in [0.05, 0.1) is 30.6 Å². The van der Waals surface area contributed by atoms with E-state index in [-0.39, 0.29) is 36.2 Å². The molecule has 2 aromatic rings. The summed E-state index contributed by atoms with van der Waals surface area (Å²) in [6, 6.07) is 11.8. The maximum atomic E-state index is 13.1. The summed E-state index contributed by atoms with van der Waals surface area (Å²) in [5, 5.41) is 19.6. The molecule has 4 amide bonds. The molecule has 0 radical (unpaired) electrons. The number of phenols is 1. The van der Waals surface area contributed by atoms with Crippen molar-refractivity contribution in [3.63, 3.8) is 0 Å². The first-order valence-corrected chi connectivity index (χ1v) is 14.3. The number of carbonyl (C=O) groups is 5. The number of nitrogens with two attached hydrogens (primary N) is 1. The van der Waals surface area contributed by atoms with E-state index in [9.17, 15) is 29.1 Å². The summed E-state index contributed by atoms with van der Waals surface area (Å²) in [6.07, 6.45) is 0.859. The minimum atomic E-state index is -1.00. The fraction of sp³-hybridized carbons (Fsp3) is 0.433. The number of Topliss-reactive ketones (excluding diaryl/α,β-unsaturated/α-hetero) is 1. The molecule has 0 bridgehead atoms. The van der Waals surface area contributed by atoms with E-state index in [0.29, 0.717) is 6.42 Å². The molecule has 0 saturated carbocycles. The summed E-state index contributed by atoms with van der Waals surface area (Å²) >= 11 is 5.80. The first-order chi connectivity index (χ1) is 19.9. The highest BCUT2D eigenvalue weighted by Gasteiger charge is 2.28. The summed E-state index contributed by atoms with van der Waals surface area (Å²) in [7, 11) is 0. The van der Waals surface area contributed by atoms with Gasteiger partial charge in [0.15, 0.2) is 5.78 Å². The Balaban J connectivity index is 1.93. The van der Waals surface area contributed by atoms with Crippen molar-refractivity contribution in [2.24, 2.45) is 11.7 Å². The van der Waals surface area contributed by atoms with Crippen LogP contribution in [0.2, 0.25) is 0 Å². The number of hydrogen-bond donors (Lipinski definition) is 6. The molecule has 2 aromatic carbocycles. The molecule has 2 rings (SSSR count). The number of carbonyl (C=O) groups excluding carboxylic acids is 5. The lowest BCUT2D eigenvalue weighted by atomic mass is 9.98. The van der Waals surface area contributed by atoms with Gasteiger partial charge >= 0.3 is 0 Å². The van der Waals surface area contributed by atoms with E-state index in [2.05, 4.69) is 21.3 Å². The number of aromatic hydroxyl groups is 1. The molecule has 7 N–H and O–H groups in total. The minimum Gasteiger partial charge on any atom is -0.508 e. The third kappa shape index (κ3) is 12.0. The molecule has 0 saturated heterocycles. The van der Waals surface area contributed by atoms with Gasteiger partial charge in [-0.25, -0.2) is 0 Å². The van der Waals surface area contributed by atoms with Gasteiger partial charge < -0.3 is 21.5 Å². The van der Waals surface area contributed by atoms with E-state index in [0.717, 1.165) is 11.1 Å². The maximum Gasteiger partial charge on any atom is 0.245 e. The molecule has 0 aliphatic carbocycles. The maximum absolute atomic E-state index is 13.1. The van der Waals surface area contributed by atoms with E-state index in [1.165, 1.54) is 19.1 Å². The Morgan fingerprint density at radius 1 is 0.833 bits per heavy atom. The first kappa shape index (κ1) is 34.4. The molecule has 0 unspecified atom stereocenters. The lowest BCUT2D eigenvalue weighted by Gasteiger charge is -2.25. The van der Waals surface area contributed by atoms with Crippen molar-refractivity contribution in [2.75, 3.05) is 12.4 Å². The topological polar surface area (TPSA) is 180 Å². The molecule has 12 heteroatoms. The van der Waals surface area contributed by atoms with Crippen molar-refractivity contribution in [3.8, 4) is 5.75 Å². The van der Waals surface area contributed by atoms with Crippen LogP contribution in [0.25, 0.3) is 0 Å². The molecule has 228 valence electrons. The molecular weight excluding hydrogens is 562 g/mol. The average molecular weight is 602 g/mol. The van der Waals surface area contributed by atoms with Crippen molar-refractivity contribution in [1.82, 2.24) is 21.3 Å². The number of halogens is 1. The van der Waals surface area contributed by atoms with Crippen molar-refractivity contribution < 1.29 is 29.1 Å². The Morgan fingerprint density at radius 2 is 1.45 bits per heavy atom. The summed E-state index contributed by atoms with van der Waals surface area (Å²) in [5.41, 5.74) is 7.50. The highest BCUT2D eigenvalue weighted by molar-refractivity contribution is 6.28. The van der Waals surface area contributed by atoms with Crippen LogP contribution >= 0.6 is 11.6 Å². The minimum absolute atomic E-state index is 0.0903. The Kier molecular flexibility index (Phi) is 14.1. The van der Waals surface area contributed by atoms with Crippen LogP contribution in [0.15, 0.2) is 54.6 Å². The zero-order valence-electron chi connectivity index (χ0n) is 24.1. The Hall–Kier alpha value is -3.80. The lowest BCUT2D eigenvalue weighted by molar-refractivity contribution is -0.133. The predicted molar refractivity (Wildman–Crippen MR) is 160 cm³/mol. The Labute approximate surface area is 251 Å². The fourth-order valence-electron chi connectivity index (χ4n) is 4.13. The van der Waals surface area contributed by atoms with Crippen molar-refractivity contribution in [1.29, 1.82) is 0 Å². The standard InChI is InChI=1S/C30H40ClN5O6/c1-18(2)13-24(26(38)16-31)35-25(15-20-7-5-4-6-8-20)30(42)36-27(39)17-33-28(40)19(3)34-29(41)23(32)14-21-9-11-22(37)12-10-21/h4-12,18-19,23-25,35,37H,13-17,32H2,1-3H3,(H,33,40)(H,34,41)(H,36,39,42)/t19-,23+,24+,25+/m1/s1. The number of alkyl halides is 1. The summed E-state index contributed by atoms with van der Waals surface area (Å²) in [4.78, 5) is 63.1. The predicted octanol–water partition coefficient (Wildman–Crippen LogP) is 0.949. The Bertz CT molecular complexity index is 1210. The van der Waals surface area contributed by atoms with E-state index in [1.807, 2.05) is 44.2 Å². The molecule has 0 heterocycles. The van der Waals surface area contributed by atoms with Gasteiger partial charge in [0.25, 0.3) is 0 Å². The van der Waals surface area contributed by atoms with Gasteiger partial charge in [-0.2, -0.15) is 0 Å². The summed E-state index contributed by atoms with van der Waals surface area (Å²) in [5.74, 6) is -2.87. The van der Waals surface area contributed by atoms with Gasteiger partial charge in [-0.1, -0.05) is 56.3 Å². The zero-order chi connectivity index (χ0) is 31.2. The van der Waals surface area contributed by atoms with E-state index in [4.69, 9.17) is 17.3 Å². The van der Waals surface area contributed by atoms with Gasteiger partial charge in [-0.3, -0.25) is 34.6 Å². The number of phenolic OH excluding ortho intramolecular Hbond substituents is 1. The van der Waals surface area contributed by atoms with Gasteiger partial charge in [0.2, 0.25) is 23.6 Å².